The first-order chi connectivity index (χ1) is 8.77. The van der Waals surface area contributed by atoms with E-state index >= 15 is 0 Å². The fraction of sp³-hybridized carbons (Fsp3) is 0.364. The van der Waals surface area contributed by atoms with Gasteiger partial charge in [0.25, 0.3) is 0 Å². The van der Waals surface area contributed by atoms with Crippen LogP contribution in [0.4, 0.5) is 4.39 Å². The summed E-state index contributed by atoms with van der Waals surface area (Å²) in [6, 6.07) is 4.11. The Labute approximate surface area is 115 Å². The van der Waals surface area contributed by atoms with Gasteiger partial charge in [0, 0.05) is 19.5 Å². The molecule has 104 valence electrons. The maximum absolute atomic E-state index is 13.0. The van der Waals surface area contributed by atoms with Crippen molar-refractivity contribution in [3.05, 3.63) is 34.6 Å². The van der Waals surface area contributed by atoms with Crippen LogP contribution in [0.2, 0.25) is 5.02 Å². The molecule has 2 N–H and O–H groups in total. The lowest BCUT2D eigenvalue weighted by Crippen LogP contribution is -2.31. The van der Waals surface area contributed by atoms with Gasteiger partial charge in [-0.05, 0) is 17.7 Å². The lowest BCUT2D eigenvalue weighted by Gasteiger charge is -2.16. The van der Waals surface area contributed by atoms with Crippen molar-refractivity contribution in [1.82, 2.24) is 4.90 Å². The van der Waals surface area contributed by atoms with E-state index in [4.69, 9.17) is 16.7 Å². The summed E-state index contributed by atoms with van der Waals surface area (Å²) in [5.41, 5.74) is 0.634. The van der Waals surface area contributed by atoms with E-state index in [1.165, 1.54) is 23.1 Å². The molecule has 0 aliphatic carbocycles. The van der Waals surface area contributed by atoms with E-state index in [1.807, 2.05) is 0 Å². The van der Waals surface area contributed by atoms with Crippen LogP contribution in [0.3, 0.4) is 0 Å². The molecule has 2 rings (SSSR count). The van der Waals surface area contributed by atoms with Gasteiger partial charge in [-0.2, -0.15) is 0 Å². The van der Waals surface area contributed by atoms with Gasteiger partial charge in [0.1, 0.15) is 11.1 Å². The SMILES string of the molecule is NS(=O)(=O)C1CC(=O)N(Cc2ccc(F)c(Cl)c2)C1. The number of sulfonamides is 1. The Bertz CT molecular complexity index is 620. The number of hydrogen-bond donors (Lipinski definition) is 1. The van der Waals surface area contributed by atoms with Crippen molar-refractivity contribution >= 4 is 27.5 Å². The molecule has 1 saturated heterocycles. The molecule has 1 heterocycles. The first-order valence-electron chi connectivity index (χ1n) is 5.50. The van der Waals surface area contributed by atoms with Crippen molar-refractivity contribution in [3.8, 4) is 0 Å². The fourth-order valence-corrected chi connectivity index (χ4v) is 2.93. The van der Waals surface area contributed by atoms with Crippen LogP contribution in [-0.2, 0) is 21.4 Å². The highest BCUT2D eigenvalue weighted by atomic mass is 35.5. The fourth-order valence-electron chi connectivity index (χ4n) is 1.97. The van der Waals surface area contributed by atoms with Gasteiger partial charge in [-0.25, -0.2) is 17.9 Å². The molecule has 1 fully saturated rings. The Balaban J connectivity index is 2.12. The first kappa shape index (κ1) is 14.2. The lowest BCUT2D eigenvalue weighted by atomic mass is 10.2. The molecule has 1 aromatic carbocycles. The van der Waals surface area contributed by atoms with E-state index in [0.717, 1.165) is 0 Å². The maximum atomic E-state index is 13.0. The Morgan fingerprint density at radius 2 is 2.16 bits per heavy atom. The summed E-state index contributed by atoms with van der Waals surface area (Å²) < 4.78 is 35.4. The first-order valence-corrected chi connectivity index (χ1v) is 7.49. The minimum absolute atomic E-state index is 0.0351. The standard InChI is InChI=1S/C11H12ClFN2O3S/c12-9-3-7(1-2-10(9)13)5-15-6-8(4-11(15)16)19(14,17)18/h1-3,8H,4-6H2,(H2,14,17,18). The van der Waals surface area contributed by atoms with Gasteiger partial charge in [0.2, 0.25) is 15.9 Å². The summed E-state index contributed by atoms with van der Waals surface area (Å²) in [6.07, 6.45) is -0.117. The molecule has 5 nitrogen and oxygen atoms in total. The Morgan fingerprint density at radius 1 is 1.47 bits per heavy atom. The van der Waals surface area contributed by atoms with Crippen LogP contribution < -0.4 is 5.14 Å². The summed E-state index contributed by atoms with van der Waals surface area (Å²) in [4.78, 5) is 13.1. The third-order valence-corrected chi connectivity index (χ3v) is 4.54. The molecule has 0 saturated carbocycles. The van der Waals surface area contributed by atoms with Crippen LogP contribution in [0.25, 0.3) is 0 Å². The summed E-state index contributed by atoms with van der Waals surface area (Å²) in [7, 11) is -3.72. The van der Waals surface area contributed by atoms with Crippen molar-refractivity contribution in [1.29, 1.82) is 0 Å². The zero-order valence-corrected chi connectivity index (χ0v) is 11.4. The second-order valence-corrected chi connectivity index (χ2v) is 6.69. The number of likely N-dealkylation sites (tertiary alicyclic amines) is 1. The topological polar surface area (TPSA) is 80.5 Å². The van der Waals surface area contributed by atoms with Crippen molar-refractivity contribution in [2.45, 2.75) is 18.2 Å². The van der Waals surface area contributed by atoms with Crippen LogP contribution in [0.5, 0.6) is 0 Å². The number of nitrogens with two attached hydrogens (primary N) is 1. The number of carbonyl (C=O) groups is 1. The summed E-state index contributed by atoms with van der Waals surface area (Å²) in [5, 5.41) is 4.11. The number of benzene rings is 1. The van der Waals surface area contributed by atoms with Crippen LogP contribution in [0, 0.1) is 5.82 Å². The average molecular weight is 307 g/mol. The van der Waals surface area contributed by atoms with E-state index in [2.05, 4.69) is 0 Å². The molecule has 19 heavy (non-hydrogen) atoms. The van der Waals surface area contributed by atoms with Gasteiger partial charge < -0.3 is 4.90 Å². The number of rotatable bonds is 3. The van der Waals surface area contributed by atoms with Gasteiger partial charge in [-0.15, -0.1) is 0 Å². The molecule has 0 radical (unpaired) electrons. The number of amides is 1. The smallest absolute Gasteiger partial charge is 0.224 e. The van der Waals surface area contributed by atoms with E-state index in [-0.39, 0.29) is 30.4 Å². The van der Waals surface area contributed by atoms with Crippen LogP contribution in [0.15, 0.2) is 18.2 Å². The third kappa shape index (κ3) is 3.23. The summed E-state index contributed by atoms with van der Waals surface area (Å²) in [6.45, 7) is 0.234. The molecular weight excluding hydrogens is 295 g/mol. The van der Waals surface area contributed by atoms with Gasteiger partial charge in [0.05, 0.1) is 5.02 Å². The molecule has 1 atom stereocenters. The number of primary sulfonamides is 1. The zero-order valence-electron chi connectivity index (χ0n) is 9.84. The van der Waals surface area contributed by atoms with Crippen LogP contribution in [0.1, 0.15) is 12.0 Å². The van der Waals surface area contributed by atoms with Gasteiger partial charge in [-0.1, -0.05) is 17.7 Å². The van der Waals surface area contributed by atoms with Crippen molar-refractivity contribution in [3.63, 3.8) is 0 Å². The minimum Gasteiger partial charge on any atom is -0.337 e. The molecule has 1 unspecified atom stereocenters. The molecule has 8 heteroatoms. The summed E-state index contributed by atoms with van der Waals surface area (Å²) in [5.74, 6) is -0.833. The number of nitrogens with zero attached hydrogens (tertiary/aromatic N) is 1. The monoisotopic (exact) mass is 306 g/mol. The lowest BCUT2D eigenvalue weighted by molar-refractivity contribution is -0.128. The minimum atomic E-state index is -3.72. The van der Waals surface area contributed by atoms with Gasteiger partial charge >= 0.3 is 0 Å². The Hall–Kier alpha value is -1.18. The highest BCUT2D eigenvalue weighted by molar-refractivity contribution is 7.89. The Morgan fingerprint density at radius 3 is 2.68 bits per heavy atom. The largest absolute Gasteiger partial charge is 0.337 e. The third-order valence-electron chi connectivity index (χ3n) is 3.00. The van der Waals surface area contributed by atoms with Gasteiger partial charge in [-0.3, -0.25) is 4.79 Å². The molecule has 0 aromatic heterocycles. The molecule has 0 spiro atoms. The highest BCUT2D eigenvalue weighted by Gasteiger charge is 2.36. The summed E-state index contributed by atoms with van der Waals surface area (Å²) >= 11 is 5.64. The molecule has 1 aliphatic heterocycles. The predicted octanol–water partition coefficient (Wildman–Crippen LogP) is 0.869. The molecular formula is C11H12ClFN2O3S. The second kappa shape index (κ2) is 5.07. The second-order valence-electron chi connectivity index (χ2n) is 4.44. The van der Waals surface area contributed by atoms with Gasteiger partial charge in [0.15, 0.2) is 0 Å². The van der Waals surface area contributed by atoms with E-state index in [9.17, 15) is 17.6 Å². The zero-order chi connectivity index (χ0) is 14.2. The van der Waals surface area contributed by atoms with Crippen LogP contribution >= 0.6 is 11.6 Å². The molecule has 0 bridgehead atoms. The van der Waals surface area contributed by atoms with E-state index < -0.39 is 21.1 Å². The normalized spacial score (nSPS) is 20.1. The molecule has 1 amide bonds. The van der Waals surface area contributed by atoms with Crippen molar-refractivity contribution in [2.75, 3.05) is 6.54 Å². The molecule has 1 aromatic rings. The van der Waals surface area contributed by atoms with Crippen molar-refractivity contribution in [2.24, 2.45) is 5.14 Å². The predicted molar refractivity (Wildman–Crippen MR) is 68.3 cm³/mol. The maximum Gasteiger partial charge on any atom is 0.224 e. The Kier molecular flexibility index (Phi) is 3.80. The number of halogens is 2. The quantitative estimate of drug-likeness (QED) is 0.899. The number of carbonyl (C=O) groups excluding carboxylic acids is 1. The van der Waals surface area contributed by atoms with Crippen LogP contribution in [-0.4, -0.2) is 31.0 Å². The van der Waals surface area contributed by atoms with E-state index in [0.29, 0.717) is 5.56 Å². The molecule has 1 aliphatic rings. The highest BCUT2D eigenvalue weighted by Crippen LogP contribution is 2.21. The average Bonchev–Trinajstić information content (AvgIpc) is 2.65. The van der Waals surface area contributed by atoms with E-state index in [1.54, 1.807) is 0 Å². The number of hydrogen-bond acceptors (Lipinski definition) is 3. The van der Waals surface area contributed by atoms with Crippen molar-refractivity contribution < 1.29 is 17.6 Å².